The van der Waals surface area contributed by atoms with Crippen LogP contribution in [-0.4, -0.2) is 171 Å². The summed E-state index contributed by atoms with van der Waals surface area (Å²) in [4.78, 5) is 21.8. The molecule has 1 rings (SSSR count). The molecule has 0 radical (unpaired) electrons. The highest BCUT2D eigenvalue weighted by atomic mass is 16.6. The summed E-state index contributed by atoms with van der Waals surface area (Å²) in [6.45, 7) is 13.1. The fourth-order valence-electron chi connectivity index (χ4n) is 3.65. The van der Waals surface area contributed by atoms with Gasteiger partial charge in [-0.1, -0.05) is 6.92 Å². The molecule has 0 amide bonds. The number of ether oxygens (including phenoxy) is 13. The Labute approximate surface area is 297 Å². The Balaban J connectivity index is 1.63. The van der Waals surface area contributed by atoms with E-state index in [2.05, 4.69) is 0 Å². The van der Waals surface area contributed by atoms with Crippen molar-refractivity contribution in [3.63, 3.8) is 0 Å². The van der Waals surface area contributed by atoms with Crippen molar-refractivity contribution in [2.75, 3.05) is 159 Å². The van der Waals surface area contributed by atoms with Crippen LogP contribution < -0.4 is 4.74 Å². The van der Waals surface area contributed by atoms with Gasteiger partial charge < -0.3 is 61.6 Å². The lowest BCUT2D eigenvalue weighted by Crippen LogP contribution is -2.15. The first-order valence-electron chi connectivity index (χ1n) is 17.4. The van der Waals surface area contributed by atoms with Gasteiger partial charge in [0.2, 0.25) is 0 Å². The minimum Gasteiger partial charge on any atom is -0.491 e. The van der Waals surface area contributed by atoms with E-state index in [-0.39, 0.29) is 12.6 Å². The van der Waals surface area contributed by atoms with E-state index in [0.717, 1.165) is 12.7 Å². The van der Waals surface area contributed by atoms with Crippen molar-refractivity contribution in [1.29, 1.82) is 0 Å². The third-order valence-electron chi connectivity index (χ3n) is 6.18. The number of aldehydes is 1. The van der Waals surface area contributed by atoms with Gasteiger partial charge in [-0.15, -0.1) is 0 Å². The molecule has 0 atom stereocenters. The summed E-state index contributed by atoms with van der Waals surface area (Å²) in [5.74, 6) is 0.508. The van der Waals surface area contributed by atoms with Gasteiger partial charge in [-0.3, -0.25) is 9.59 Å². The minimum absolute atomic E-state index is 0.192. The highest BCUT2D eigenvalue weighted by Crippen LogP contribution is 2.10. The van der Waals surface area contributed by atoms with Gasteiger partial charge in [0.15, 0.2) is 0 Å². The lowest BCUT2D eigenvalue weighted by atomic mass is 10.2. The van der Waals surface area contributed by atoms with Crippen LogP contribution in [0.3, 0.4) is 0 Å². The SMILES string of the molecule is CCCC(=O)OCCOCCOCCOCCOCCOCCOCCOCCOCCOCCOCCOCCOc1ccc(C=O)cc1. The van der Waals surface area contributed by atoms with Crippen molar-refractivity contribution in [2.45, 2.75) is 19.8 Å². The molecule has 0 heterocycles. The van der Waals surface area contributed by atoms with Gasteiger partial charge in [-0.2, -0.15) is 0 Å². The van der Waals surface area contributed by atoms with Crippen LogP contribution in [0.25, 0.3) is 0 Å². The van der Waals surface area contributed by atoms with Gasteiger partial charge in [0.05, 0.1) is 145 Å². The lowest BCUT2D eigenvalue weighted by Gasteiger charge is -2.09. The fraction of sp³-hybridized carbons (Fsp3) is 0.771. The topological polar surface area (TPSA) is 154 Å². The van der Waals surface area contributed by atoms with Crippen molar-refractivity contribution in [3.05, 3.63) is 29.8 Å². The molecule has 1 aromatic rings. The summed E-state index contributed by atoms with van der Waals surface area (Å²) in [6.07, 6.45) is 2.02. The minimum atomic E-state index is -0.192. The Bertz CT molecular complexity index is 859. The lowest BCUT2D eigenvalue weighted by molar-refractivity contribution is -0.145. The highest BCUT2D eigenvalue weighted by Gasteiger charge is 2.00. The van der Waals surface area contributed by atoms with E-state index < -0.39 is 0 Å². The Morgan fingerprint density at radius 1 is 0.440 bits per heavy atom. The second kappa shape index (κ2) is 38.0. The zero-order valence-electron chi connectivity index (χ0n) is 29.9. The molecule has 0 spiro atoms. The number of rotatable bonds is 40. The van der Waals surface area contributed by atoms with Gasteiger partial charge in [0, 0.05) is 12.0 Å². The van der Waals surface area contributed by atoms with E-state index in [4.69, 9.17) is 61.6 Å². The molecule has 1 aromatic carbocycles. The number of hydrogen-bond donors (Lipinski definition) is 0. The first-order valence-corrected chi connectivity index (χ1v) is 17.4. The van der Waals surface area contributed by atoms with Gasteiger partial charge in [-0.25, -0.2) is 0 Å². The van der Waals surface area contributed by atoms with Gasteiger partial charge in [0.25, 0.3) is 0 Å². The highest BCUT2D eigenvalue weighted by molar-refractivity contribution is 5.74. The Hall–Kier alpha value is -2.28. The van der Waals surface area contributed by atoms with E-state index >= 15 is 0 Å². The van der Waals surface area contributed by atoms with Crippen LogP contribution in [0.15, 0.2) is 24.3 Å². The summed E-state index contributed by atoms with van der Waals surface area (Å²) >= 11 is 0. The summed E-state index contributed by atoms with van der Waals surface area (Å²) < 4.78 is 70.5. The fourth-order valence-corrected chi connectivity index (χ4v) is 3.65. The van der Waals surface area contributed by atoms with Crippen molar-refractivity contribution in [1.82, 2.24) is 0 Å². The van der Waals surface area contributed by atoms with Crippen LogP contribution in [-0.2, 0) is 61.6 Å². The summed E-state index contributed by atoms with van der Waals surface area (Å²) in [5.41, 5.74) is 0.615. The van der Waals surface area contributed by atoms with E-state index in [1.165, 1.54) is 0 Å². The number of hydrogen-bond acceptors (Lipinski definition) is 15. The summed E-state index contributed by atoms with van der Waals surface area (Å²) in [7, 11) is 0. The number of benzene rings is 1. The van der Waals surface area contributed by atoms with Gasteiger partial charge >= 0.3 is 5.97 Å². The molecule has 0 saturated carbocycles. The third kappa shape index (κ3) is 32.9. The molecule has 0 N–H and O–H groups in total. The average Bonchev–Trinajstić information content (AvgIpc) is 3.13. The molecule has 50 heavy (non-hydrogen) atoms. The average molecular weight is 721 g/mol. The maximum atomic E-state index is 11.2. The second-order valence-corrected chi connectivity index (χ2v) is 10.2. The van der Waals surface area contributed by atoms with Crippen molar-refractivity contribution >= 4 is 12.3 Å². The number of esters is 1. The summed E-state index contributed by atoms with van der Waals surface area (Å²) in [6, 6.07) is 6.92. The monoisotopic (exact) mass is 720 g/mol. The van der Waals surface area contributed by atoms with E-state index in [1.807, 2.05) is 6.92 Å². The largest absolute Gasteiger partial charge is 0.491 e. The van der Waals surface area contributed by atoms with Gasteiger partial charge in [0.1, 0.15) is 25.2 Å². The Morgan fingerprint density at radius 3 is 1.00 bits per heavy atom. The van der Waals surface area contributed by atoms with E-state index in [0.29, 0.717) is 170 Å². The zero-order valence-corrected chi connectivity index (χ0v) is 29.9. The number of carbonyl (C=O) groups excluding carboxylic acids is 2. The third-order valence-corrected chi connectivity index (χ3v) is 6.18. The predicted molar refractivity (Wildman–Crippen MR) is 182 cm³/mol. The Kier molecular flexibility index (Phi) is 34.7. The molecule has 15 nitrogen and oxygen atoms in total. The molecule has 0 aromatic heterocycles. The zero-order chi connectivity index (χ0) is 35.8. The van der Waals surface area contributed by atoms with Crippen LogP contribution in [0.4, 0.5) is 0 Å². The molecule has 15 heteroatoms. The molecule has 0 unspecified atom stereocenters. The quantitative estimate of drug-likeness (QED) is 0.0554. The smallest absolute Gasteiger partial charge is 0.305 e. The first kappa shape index (κ1) is 45.7. The van der Waals surface area contributed by atoms with Gasteiger partial charge in [-0.05, 0) is 30.7 Å². The second-order valence-electron chi connectivity index (χ2n) is 10.2. The van der Waals surface area contributed by atoms with E-state index in [9.17, 15) is 9.59 Å². The molecule has 0 aliphatic rings. The molecule has 290 valence electrons. The van der Waals surface area contributed by atoms with Crippen molar-refractivity contribution in [3.8, 4) is 5.75 Å². The molecule has 0 aliphatic heterocycles. The molecule has 0 aliphatic carbocycles. The molecule has 0 saturated heterocycles. The number of carbonyl (C=O) groups is 2. The maximum Gasteiger partial charge on any atom is 0.305 e. The van der Waals surface area contributed by atoms with Crippen LogP contribution in [0.2, 0.25) is 0 Å². The molecular formula is C35H60O15. The molecular weight excluding hydrogens is 660 g/mol. The van der Waals surface area contributed by atoms with Crippen LogP contribution in [0.5, 0.6) is 5.75 Å². The van der Waals surface area contributed by atoms with Crippen LogP contribution in [0.1, 0.15) is 30.1 Å². The van der Waals surface area contributed by atoms with E-state index in [1.54, 1.807) is 24.3 Å². The first-order chi connectivity index (χ1) is 24.8. The standard InChI is InChI=1S/C35H60O15/c1-2-3-35(37)50-31-29-48-27-25-46-23-21-44-19-17-42-15-13-40-11-9-38-8-10-39-12-14-41-16-18-43-20-22-45-24-26-47-28-30-49-34-6-4-33(32-36)5-7-34/h4-7,32H,2-3,8-31H2,1H3. The maximum absolute atomic E-state index is 11.2. The normalized spacial score (nSPS) is 11.2. The van der Waals surface area contributed by atoms with Crippen LogP contribution in [0, 0.1) is 0 Å². The van der Waals surface area contributed by atoms with Crippen molar-refractivity contribution < 1.29 is 71.2 Å². The summed E-state index contributed by atoms with van der Waals surface area (Å²) in [5, 5.41) is 0. The Morgan fingerprint density at radius 2 is 0.720 bits per heavy atom. The van der Waals surface area contributed by atoms with Crippen LogP contribution >= 0.6 is 0 Å². The predicted octanol–water partition coefficient (Wildman–Crippen LogP) is 2.40. The molecule has 0 bridgehead atoms. The van der Waals surface area contributed by atoms with Crippen molar-refractivity contribution in [2.24, 2.45) is 0 Å². The molecule has 0 fully saturated rings.